The first kappa shape index (κ1) is 18.4. The molecular weight excluding hydrogens is 364 g/mol. The lowest BCUT2D eigenvalue weighted by Gasteiger charge is -2.25. The van der Waals surface area contributed by atoms with Crippen molar-refractivity contribution in [3.05, 3.63) is 35.8 Å². The van der Waals surface area contributed by atoms with Crippen molar-refractivity contribution in [3.63, 3.8) is 0 Å². The molecule has 1 amide bonds. The van der Waals surface area contributed by atoms with Crippen molar-refractivity contribution >= 4 is 21.6 Å². The fourth-order valence-corrected chi connectivity index (χ4v) is 6.09. The van der Waals surface area contributed by atoms with E-state index < -0.39 is 10.0 Å². The van der Waals surface area contributed by atoms with Crippen LogP contribution in [0.15, 0.2) is 24.5 Å². The number of aryl methyl sites for hydroxylation is 1. The fraction of sp³-hybridized carbons (Fsp3) is 0.579. The molecule has 8 heteroatoms. The molecule has 0 radical (unpaired) electrons. The predicted octanol–water partition coefficient (Wildman–Crippen LogP) is 1.60. The molecule has 1 atom stereocenters. The van der Waals surface area contributed by atoms with E-state index in [2.05, 4.69) is 4.98 Å². The topological polar surface area (TPSA) is 75.0 Å². The van der Waals surface area contributed by atoms with Crippen molar-refractivity contribution in [3.8, 4) is 0 Å². The van der Waals surface area contributed by atoms with Crippen molar-refractivity contribution in [2.75, 3.05) is 25.4 Å². The molecule has 0 aliphatic carbocycles. The van der Waals surface area contributed by atoms with Gasteiger partial charge in [-0.2, -0.15) is 4.31 Å². The zero-order valence-electron chi connectivity index (χ0n) is 15.7. The maximum Gasteiger partial charge on any atom is 0.228 e. The second-order valence-electron chi connectivity index (χ2n) is 7.56. The number of nitrogens with zero attached hydrogens (tertiary/aromatic N) is 4. The summed E-state index contributed by atoms with van der Waals surface area (Å²) in [6.45, 7) is 3.95. The molecule has 1 unspecified atom stereocenters. The molecule has 0 spiro atoms. The summed E-state index contributed by atoms with van der Waals surface area (Å²) < 4.78 is 28.0. The molecule has 2 aliphatic heterocycles. The molecule has 0 aromatic carbocycles. The Bertz CT molecular complexity index is 953. The molecule has 2 aromatic rings. The minimum absolute atomic E-state index is 0.0359. The highest BCUT2D eigenvalue weighted by Gasteiger charge is 2.35. The van der Waals surface area contributed by atoms with Crippen LogP contribution in [-0.2, 0) is 21.2 Å². The summed E-state index contributed by atoms with van der Waals surface area (Å²) in [5.74, 6) is 0.350. The van der Waals surface area contributed by atoms with Crippen molar-refractivity contribution in [1.82, 2.24) is 18.6 Å². The molecule has 7 nitrogen and oxygen atoms in total. The van der Waals surface area contributed by atoms with Crippen LogP contribution in [0.1, 0.15) is 36.9 Å². The Morgan fingerprint density at radius 2 is 2.07 bits per heavy atom. The van der Waals surface area contributed by atoms with E-state index >= 15 is 0 Å². The zero-order valence-corrected chi connectivity index (χ0v) is 16.5. The summed E-state index contributed by atoms with van der Waals surface area (Å²) in [5.41, 5.74) is 2.86. The number of sulfonamides is 1. The lowest BCUT2D eigenvalue weighted by molar-refractivity contribution is -0.130. The summed E-state index contributed by atoms with van der Waals surface area (Å²) in [6, 6.07) is 4.01. The fourth-order valence-electron chi connectivity index (χ4n) is 4.28. The first-order valence-electron chi connectivity index (χ1n) is 9.64. The first-order chi connectivity index (χ1) is 13.0. The Morgan fingerprint density at radius 1 is 1.22 bits per heavy atom. The van der Waals surface area contributed by atoms with E-state index in [4.69, 9.17) is 0 Å². The molecule has 4 rings (SSSR count). The average molecular weight is 391 g/mol. The number of hydrogen-bond acceptors (Lipinski definition) is 4. The van der Waals surface area contributed by atoms with Gasteiger partial charge in [-0.1, -0.05) is 6.07 Å². The Morgan fingerprint density at radius 3 is 2.85 bits per heavy atom. The van der Waals surface area contributed by atoms with Crippen molar-refractivity contribution in [1.29, 1.82) is 0 Å². The predicted molar refractivity (Wildman–Crippen MR) is 103 cm³/mol. The molecule has 2 fully saturated rings. The van der Waals surface area contributed by atoms with Gasteiger partial charge in [0.05, 0.1) is 17.9 Å². The summed E-state index contributed by atoms with van der Waals surface area (Å²) in [5, 5.41) is 0. The van der Waals surface area contributed by atoms with Gasteiger partial charge in [0.2, 0.25) is 15.9 Å². The molecule has 146 valence electrons. The number of imidazole rings is 1. The van der Waals surface area contributed by atoms with Crippen LogP contribution in [0.3, 0.4) is 0 Å². The summed E-state index contributed by atoms with van der Waals surface area (Å²) in [6.07, 6.45) is 7.14. The summed E-state index contributed by atoms with van der Waals surface area (Å²) >= 11 is 0. The molecule has 2 aliphatic rings. The van der Waals surface area contributed by atoms with Gasteiger partial charge < -0.3 is 9.30 Å². The highest BCUT2D eigenvalue weighted by Crippen LogP contribution is 2.25. The quantitative estimate of drug-likeness (QED) is 0.798. The van der Waals surface area contributed by atoms with Gasteiger partial charge in [-0.15, -0.1) is 0 Å². The third-order valence-corrected chi connectivity index (χ3v) is 7.74. The molecule has 0 N–H and O–H groups in total. The van der Waals surface area contributed by atoms with E-state index in [0.717, 1.165) is 42.6 Å². The summed E-state index contributed by atoms with van der Waals surface area (Å²) in [4.78, 5) is 19.2. The van der Waals surface area contributed by atoms with Gasteiger partial charge in [-0.3, -0.25) is 4.79 Å². The zero-order chi connectivity index (χ0) is 19.0. The highest BCUT2D eigenvalue weighted by atomic mass is 32.2. The van der Waals surface area contributed by atoms with Crippen LogP contribution in [0.25, 0.3) is 5.65 Å². The van der Waals surface area contributed by atoms with E-state index in [1.807, 2.05) is 34.6 Å². The maximum absolute atomic E-state index is 12.9. The van der Waals surface area contributed by atoms with E-state index in [-0.39, 0.29) is 17.7 Å². The standard InChI is InChI=1S/C19H26N4O3S/c1-15-5-2-9-22-17(14-20-19(15)22)13-18(24)21-8-3-6-16(7-11-21)23-10-4-12-27(23,25)26/h2,5,9,14,16H,3-4,6-8,10-13H2,1H3. The van der Waals surface area contributed by atoms with E-state index in [0.29, 0.717) is 26.1 Å². The number of carbonyl (C=O) groups is 1. The van der Waals surface area contributed by atoms with Crippen LogP contribution >= 0.6 is 0 Å². The SMILES string of the molecule is Cc1cccn2c(CC(=O)N3CCCC(N4CCCS4(=O)=O)CC3)cnc12. The Balaban J connectivity index is 1.43. The van der Waals surface area contributed by atoms with Gasteiger partial charge in [-0.25, -0.2) is 13.4 Å². The Labute approximate surface area is 160 Å². The third kappa shape index (κ3) is 3.60. The van der Waals surface area contributed by atoms with Crippen LogP contribution in [0, 0.1) is 6.92 Å². The number of likely N-dealkylation sites (tertiary alicyclic amines) is 1. The Kier molecular flexibility index (Phi) is 4.94. The Hall–Kier alpha value is -1.93. The van der Waals surface area contributed by atoms with Gasteiger partial charge in [0.15, 0.2) is 0 Å². The normalized spacial score (nSPS) is 23.6. The minimum atomic E-state index is -3.09. The second-order valence-corrected chi connectivity index (χ2v) is 9.60. The highest BCUT2D eigenvalue weighted by molar-refractivity contribution is 7.89. The minimum Gasteiger partial charge on any atom is -0.342 e. The number of amides is 1. The van der Waals surface area contributed by atoms with Gasteiger partial charge in [0, 0.05) is 38.1 Å². The van der Waals surface area contributed by atoms with E-state index in [9.17, 15) is 13.2 Å². The molecule has 2 saturated heterocycles. The van der Waals surface area contributed by atoms with Gasteiger partial charge in [0.1, 0.15) is 5.65 Å². The number of rotatable bonds is 3. The van der Waals surface area contributed by atoms with Crippen LogP contribution in [-0.4, -0.2) is 64.3 Å². The molecule has 2 aromatic heterocycles. The van der Waals surface area contributed by atoms with E-state index in [1.54, 1.807) is 10.5 Å². The largest absolute Gasteiger partial charge is 0.342 e. The maximum atomic E-state index is 12.9. The summed E-state index contributed by atoms with van der Waals surface area (Å²) in [7, 11) is -3.09. The van der Waals surface area contributed by atoms with Gasteiger partial charge in [0.25, 0.3) is 0 Å². The van der Waals surface area contributed by atoms with Crippen LogP contribution in [0.4, 0.5) is 0 Å². The number of fused-ring (bicyclic) bond motifs is 1. The lowest BCUT2D eigenvalue weighted by atomic mass is 10.1. The van der Waals surface area contributed by atoms with Crippen LogP contribution in [0.5, 0.6) is 0 Å². The lowest BCUT2D eigenvalue weighted by Crippen LogP contribution is -2.38. The monoisotopic (exact) mass is 390 g/mol. The number of hydrogen-bond donors (Lipinski definition) is 0. The number of pyridine rings is 1. The number of carbonyl (C=O) groups excluding carboxylic acids is 1. The van der Waals surface area contributed by atoms with Gasteiger partial charge >= 0.3 is 0 Å². The molecule has 27 heavy (non-hydrogen) atoms. The van der Waals surface area contributed by atoms with Crippen molar-refractivity contribution in [2.24, 2.45) is 0 Å². The van der Waals surface area contributed by atoms with E-state index in [1.165, 1.54) is 0 Å². The average Bonchev–Trinajstić information content (AvgIpc) is 3.10. The molecule has 0 saturated carbocycles. The van der Waals surface area contributed by atoms with Crippen molar-refractivity contribution < 1.29 is 13.2 Å². The molecule has 4 heterocycles. The van der Waals surface area contributed by atoms with Crippen LogP contribution < -0.4 is 0 Å². The first-order valence-corrected chi connectivity index (χ1v) is 11.3. The van der Waals surface area contributed by atoms with Crippen molar-refractivity contribution in [2.45, 2.75) is 45.1 Å². The smallest absolute Gasteiger partial charge is 0.228 e. The van der Waals surface area contributed by atoms with Gasteiger partial charge in [-0.05, 0) is 44.2 Å². The van der Waals surface area contributed by atoms with Crippen LogP contribution in [0.2, 0.25) is 0 Å². The third-order valence-electron chi connectivity index (χ3n) is 5.74. The molecular formula is C19H26N4O3S. The second kappa shape index (κ2) is 7.24. The number of aromatic nitrogens is 2. The molecule has 0 bridgehead atoms.